The average molecular weight is 343 g/mol. The molecule has 0 bridgehead atoms. The predicted octanol–water partition coefficient (Wildman–Crippen LogP) is 3.77. The summed E-state index contributed by atoms with van der Waals surface area (Å²) in [4.78, 5) is 16.6. The van der Waals surface area contributed by atoms with E-state index >= 15 is 0 Å². The van der Waals surface area contributed by atoms with Crippen molar-refractivity contribution in [2.75, 3.05) is 38.1 Å². The molecule has 0 N–H and O–H groups in total. The fourth-order valence-electron chi connectivity index (χ4n) is 2.92. The fraction of sp³-hybridized carbons (Fsp3) is 0.765. The molecule has 1 aromatic carbocycles. The van der Waals surface area contributed by atoms with Crippen molar-refractivity contribution in [3.05, 3.63) is 20.3 Å². The smallest absolute Gasteiger partial charge is 0.205 e. The standard InChI is InChI=1S/C17H30N2OS2/c1-6-9-19(10-7-2)12-8-11-18(5)14-13(17(3,4)22)15(20)16(14)21/h22H,6-12H2,1-5H3. The Morgan fingerprint density at radius 1 is 1.09 bits per heavy atom. The second-order valence-corrected chi connectivity index (χ2v) is 8.08. The molecule has 0 heterocycles. The summed E-state index contributed by atoms with van der Waals surface area (Å²) in [6.07, 6.45) is 3.46. The van der Waals surface area contributed by atoms with Gasteiger partial charge in [0.2, 0.25) is 5.43 Å². The highest BCUT2D eigenvalue weighted by Crippen LogP contribution is 2.35. The molecule has 0 aliphatic rings. The summed E-state index contributed by atoms with van der Waals surface area (Å²) >= 11 is 9.78. The first-order valence-corrected chi connectivity index (χ1v) is 9.09. The highest BCUT2D eigenvalue weighted by atomic mass is 32.1. The summed E-state index contributed by atoms with van der Waals surface area (Å²) in [5.74, 6) is 0. The van der Waals surface area contributed by atoms with E-state index in [1.165, 1.54) is 12.8 Å². The summed E-state index contributed by atoms with van der Waals surface area (Å²) in [5, 5.41) is 0. The van der Waals surface area contributed by atoms with Crippen molar-refractivity contribution >= 4 is 30.5 Å². The third-order valence-electron chi connectivity index (χ3n) is 3.93. The lowest BCUT2D eigenvalue weighted by Crippen LogP contribution is -2.35. The Balaban J connectivity index is 2.64. The molecule has 0 aliphatic heterocycles. The predicted molar refractivity (Wildman–Crippen MR) is 103 cm³/mol. The van der Waals surface area contributed by atoms with Gasteiger partial charge in [0.25, 0.3) is 0 Å². The number of anilines is 1. The topological polar surface area (TPSA) is 23.6 Å². The summed E-state index contributed by atoms with van der Waals surface area (Å²) in [6.45, 7) is 12.7. The molecular weight excluding hydrogens is 312 g/mol. The molecule has 0 aliphatic carbocycles. The van der Waals surface area contributed by atoms with E-state index in [9.17, 15) is 4.79 Å². The molecule has 0 aromatic heterocycles. The minimum absolute atomic E-state index is 0.00422. The molecule has 0 atom stereocenters. The molecule has 1 rings (SSSR count). The zero-order chi connectivity index (χ0) is 16.9. The van der Waals surface area contributed by atoms with Crippen molar-refractivity contribution in [2.45, 2.75) is 51.7 Å². The van der Waals surface area contributed by atoms with Crippen LogP contribution in [0.1, 0.15) is 52.5 Å². The normalized spacial score (nSPS) is 12.3. The number of hydrogen-bond donors (Lipinski definition) is 1. The third kappa shape index (κ3) is 4.80. The van der Waals surface area contributed by atoms with Crippen molar-refractivity contribution in [2.24, 2.45) is 0 Å². The van der Waals surface area contributed by atoms with Gasteiger partial charge in [0.05, 0.1) is 5.69 Å². The van der Waals surface area contributed by atoms with Gasteiger partial charge in [0.1, 0.15) is 4.51 Å². The Hall–Kier alpha value is -0.390. The maximum absolute atomic E-state index is 12.0. The second kappa shape index (κ2) is 8.46. The largest absolute Gasteiger partial charge is 0.373 e. The van der Waals surface area contributed by atoms with E-state index in [4.69, 9.17) is 12.2 Å². The molecule has 22 heavy (non-hydrogen) atoms. The molecule has 0 unspecified atom stereocenters. The van der Waals surface area contributed by atoms with Gasteiger partial charge in [-0.25, -0.2) is 0 Å². The summed E-state index contributed by atoms with van der Waals surface area (Å²) in [6, 6.07) is 0. The Labute approximate surface area is 145 Å². The van der Waals surface area contributed by atoms with E-state index in [1.807, 2.05) is 20.9 Å². The first-order valence-electron chi connectivity index (χ1n) is 8.23. The van der Waals surface area contributed by atoms with Crippen LogP contribution in [0.25, 0.3) is 0 Å². The van der Waals surface area contributed by atoms with Gasteiger partial charge in [-0.2, -0.15) is 12.6 Å². The molecule has 0 radical (unpaired) electrons. The maximum atomic E-state index is 12.0. The highest BCUT2D eigenvalue weighted by molar-refractivity contribution is 7.81. The van der Waals surface area contributed by atoms with Crippen molar-refractivity contribution in [3.63, 3.8) is 0 Å². The summed E-state index contributed by atoms with van der Waals surface area (Å²) in [5.41, 5.74) is 1.69. The SMILES string of the molecule is CCCN(CCC)CCCN(C)c1c(C(C)(C)S)c(=O)c1=S. The van der Waals surface area contributed by atoms with Gasteiger partial charge in [-0.3, -0.25) is 4.79 Å². The average Bonchev–Trinajstić information content (AvgIpc) is 2.42. The molecule has 0 fully saturated rings. The molecule has 0 saturated heterocycles. The van der Waals surface area contributed by atoms with E-state index in [2.05, 4.69) is 36.3 Å². The second-order valence-electron chi connectivity index (χ2n) is 6.56. The quantitative estimate of drug-likeness (QED) is 0.516. The molecular formula is C17H30N2OS2. The number of nitrogens with zero attached hydrogens (tertiary/aromatic N) is 2. The number of thiol groups is 1. The molecule has 0 spiro atoms. The van der Waals surface area contributed by atoms with Crippen molar-refractivity contribution in [1.82, 2.24) is 4.90 Å². The molecule has 5 heteroatoms. The van der Waals surface area contributed by atoms with E-state index in [1.54, 1.807) is 0 Å². The monoisotopic (exact) mass is 342 g/mol. The van der Waals surface area contributed by atoms with Crippen LogP contribution in [0.3, 0.4) is 0 Å². The van der Waals surface area contributed by atoms with Crippen LogP contribution in [0, 0.1) is 4.51 Å². The fourth-order valence-corrected chi connectivity index (χ4v) is 3.49. The minimum Gasteiger partial charge on any atom is -0.373 e. The first kappa shape index (κ1) is 19.7. The number of hydrogen-bond acceptors (Lipinski definition) is 5. The van der Waals surface area contributed by atoms with Gasteiger partial charge in [0, 0.05) is 23.9 Å². The molecule has 1 aromatic rings. The highest BCUT2D eigenvalue weighted by Gasteiger charge is 2.30. The Morgan fingerprint density at radius 3 is 2.09 bits per heavy atom. The van der Waals surface area contributed by atoms with Gasteiger partial charge < -0.3 is 9.80 Å². The first-order chi connectivity index (χ1) is 10.2. The van der Waals surface area contributed by atoms with Crippen LogP contribution in [0.4, 0.5) is 5.69 Å². The third-order valence-corrected chi connectivity index (χ3v) is 4.53. The van der Waals surface area contributed by atoms with Gasteiger partial charge in [-0.1, -0.05) is 26.1 Å². The van der Waals surface area contributed by atoms with Crippen LogP contribution in [-0.4, -0.2) is 38.1 Å². The van der Waals surface area contributed by atoms with Gasteiger partial charge in [0.15, 0.2) is 0 Å². The Bertz CT molecular complexity index is 535. The van der Waals surface area contributed by atoms with Crippen LogP contribution < -0.4 is 10.3 Å². The van der Waals surface area contributed by atoms with Crippen molar-refractivity contribution < 1.29 is 0 Å². The Kier molecular flexibility index (Phi) is 7.56. The Morgan fingerprint density at radius 2 is 1.64 bits per heavy atom. The van der Waals surface area contributed by atoms with Crippen molar-refractivity contribution in [3.8, 4) is 0 Å². The molecule has 3 nitrogen and oxygen atoms in total. The lowest BCUT2D eigenvalue weighted by atomic mass is 9.94. The van der Waals surface area contributed by atoms with Crippen LogP contribution in [0.5, 0.6) is 0 Å². The van der Waals surface area contributed by atoms with E-state index in [0.717, 1.165) is 43.9 Å². The van der Waals surface area contributed by atoms with Crippen molar-refractivity contribution in [1.29, 1.82) is 0 Å². The lowest BCUT2D eigenvalue weighted by molar-refractivity contribution is 0.272. The summed E-state index contributed by atoms with van der Waals surface area (Å²) < 4.78 is 0.0398. The number of rotatable bonds is 10. The lowest BCUT2D eigenvalue weighted by Gasteiger charge is -2.31. The summed E-state index contributed by atoms with van der Waals surface area (Å²) in [7, 11) is 2.03. The van der Waals surface area contributed by atoms with E-state index in [0.29, 0.717) is 4.51 Å². The molecule has 0 amide bonds. The zero-order valence-corrected chi connectivity index (χ0v) is 16.3. The van der Waals surface area contributed by atoms with E-state index < -0.39 is 4.75 Å². The molecule has 126 valence electrons. The van der Waals surface area contributed by atoms with Gasteiger partial charge >= 0.3 is 0 Å². The van der Waals surface area contributed by atoms with Crippen LogP contribution in [0.2, 0.25) is 0 Å². The van der Waals surface area contributed by atoms with Crippen LogP contribution in [-0.2, 0) is 4.75 Å². The van der Waals surface area contributed by atoms with E-state index in [-0.39, 0.29) is 5.43 Å². The van der Waals surface area contributed by atoms with Gasteiger partial charge in [-0.15, -0.1) is 0 Å². The van der Waals surface area contributed by atoms with Crippen LogP contribution >= 0.6 is 24.8 Å². The van der Waals surface area contributed by atoms with Gasteiger partial charge in [-0.05, 0) is 52.7 Å². The molecule has 0 saturated carbocycles. The minimum atomic E-state index is -0.431. The zero-order valence-electron chi connectivity index (χ0n) is 14.6. The maximum Gasteiger partial charge on any atom is 0.205 e. The van der Waals surface area contributed by atoms with Crippen LogP contribution in [0.15, 0.2) is 4.79 Å².